The molecule has 0 aliphatic carbocycles. The second-order valence-electron chi connectivity index (χ2n) is 10.3. The van der Waals surface area contributed by atoms with E-state index in [0.29, 0.717) is 41.0 Å². The number of para-hydroxylation sites is 1. The number of anilines is 1. The summed E-state index contributed by atoms with van der Waals surface area (Å²) in [5, 5.41) is 36.5. The Hall–Kier alpha value is -4.90. The topological polar surface area (TPSA) is 159 Å². The summed E-state index contributed by atoms with van der Waals surface area (Å²) in [7, 11) is 0. The summed E-state index contributed by atoms with van der Waals surface area (Å²) in [6.45, 7) is 5.12. The van der Waals surface area contributed by atoms with Gasteiger partial charge in [-0.2, -0.15) is 14.9 Å². The number of benzene rings is 2. The summed E-state index contributed by atoms with van der Waals surface area (Å²) >= 11 is 0. The van der Waals surface area contributed by atoms with Gasteiger partial charge in [0.05, 0.1) is 29.4 Å². The lowest BCUT2D eigenvalue weighted by Crippen LogP contribution is -2.46. The first kappa shape index (κ1) is 27.3. The molecule has 1 fully saturated rings. The number of nitrogens with one attached hydrogen (secondary N) is 2. The molecule has 3 aromatic heterocycles. The van der Waals surface area contributed by atoms with E-state index in [2.05, 4.69) is 21.8 Å². The zero-order valence-electron chi connectivity index (χ0n) is 23.2. The number of ether oxygens (including phenoxy) is 1. The summed E-state index contributed by atoms with van der Waals surface area (Å²) in [5.41, 5.74) is 2.92. The maximum absolute atomic E-state index is 13.1. The molecule has 1 saturated heterocycles. The Labute approximate surface area is 241 Å². The molecule has 13 heteroatoms. The maximum atomic E-state index is 13.1. The highest BCUT2D eigenvalue weighted by molar-refractivity contribution is 5.96. The van der Waals surface area contributed by atoms with Crippen molar-refractivity contribution in [1.82, 2.24) is 39.6 Å². The standard InChI is InChI=1S/C29H30N10O3/c1-18(2)38-15-21(14-32-38)25-35-26-22-10-6-9-20(13-30)24(22)34-28(39(26)36-25)33-23-16-37(12-11-31-27(23)40)29(41)42-17-19-7-4-3-5-8-19/h3-10,14-15,18,23,29,41H,11-12,16-17H2,1-2H3,(H,31,40)(H,33,34)/t23-,29?/m1/s1. The Balaban J connectivity index is 1.34. The first-order valence-electron chi connectivity index (χ1n) is 13.7. The van der Waals surface area contributed by atoms with Crippen LogP contribution in [0.5, 0.6) is 0 Å². The molecule has 2 atom stereocenters. The number of amides is 1. The van der Waals surface area contributed by atoms with E-state index in [1.807, 2.05) is 61.1 Å². The fourth-order valence-corrected chi connectivity index (χ4v) is 4.85. The molecule has 4 heterocycles. The second-order valence-corrected chi connectivity index (χ2v) is 10.3. The molecule has 5 aromatic rings. The third-order valence-electron chi connectivity index (χ3n) is 7.10. The number of carbonyl (C=O) groups is 1. The number of nitriles is 1. The highest BCUT2D eigenvalue weighted by Crippen LogP contribution is 2.27. The molecule has 214 valence electrons. The third-order valence-corrected chi connectivity index (χ3v) is 7.10. The SMILES string of the molecule is CC(C)n1cc(-c2nc3c4cccc(C#N)c4nc(N[C@@H]4CN(C(O)OCc5ccccc5)CCNC4=O)n3n2)cn1. The van der Waals surface area contributed by atoms with Gasteiger partial charge in [-0.15, -0.1) is 5.10 Å². The Morgan fingerprint density at radius 3 is 2.79 bits per heavy atom. The summed E-state index contributed by atoms with van der Waals surface area (Å²) in [6, 6.07) is 16.4. The molecule has 0 saturated carbocycles. The van der Waals surface area contributed by atoms with Crippen LogP contribution < -0.4 is 10.6 Å². The Morgan fingerprint density at radius 1 is 1.19 bits per heavy atom. The van der Waals surface area contributed by atoms with Gasteiger partial charge in [0, 0.05) is 37.3 Å². The van der Waals surface area contributed by atoms with Crippen LogP contribution in [0.25, 0.3) is 27.9 Å². The lowest BCUT2D eigenvalue weighted by molar-refractivity contribution is -0.198. The van der Waals surface area contributed by atoms with Gasteiger partial charge in [0.2, 0.25) is 18.3 Å². The minimum Gasteiger partial charge on any atom is -0.356 e. The van der Waals surface area contributed by atoms with Gasteiger partial charge < -0.3 is 20.5 Å². The summed E-state index contributed by atoms with van der Waals surface area (Å²) in [5.74, 6) is 0.394. The molecule has 0 bridgehead atoms. The number of aromatic nitrogens is 6. The van der Waals surface area contributed by atoms with Gasteiger partial charge in [-0.3, -0.25) is 14.4 Å². The van der Waals surface area contributed by atoms with Gasteiger partial charge in [-0.05, 0) is 31.5 Å². The molecule has 2 aromatic carbocycles. The Morgan fingerprint density at radius 2 is 2.02 bits per heavy atom. The Bertz CT molecular complexity index is 1780. The van der Waals surface area contributed by atoms with Gasteiger partial charge in [0.15, 0.2) is 11.5 Å². The highest BCUT2D eigenvalue weighted by Gasteiger charge is 2.30. The number of hydrogen-bond donors (Lipinski definition) is 3. The normalized spacial score (nSPS) is 16.8. The van der Waals surface area contributed by atoms with Gasteiger partial charge >= 0.3 is 0 Å². The Kier molecular flexibility index (Phi) is 7.49. The molecule has 0 radical (unpaired) electrons. The van der Waals surface area contributed by atoms with Crippen molar-refractivity contribution in [3.8, 4) is 17.5 Å². The predicted molar refractivity (Wildman–Crippen MR) is 154 cm³/mol. The molecule has 0 spiro atoms. The van der Waals surface area contributed by atoms with Gasteiger partial charge in [-0.1, -0.05) is 36.4 Å². The average molecular weight is 567 g/mol. The van der Waals surface area contributed by atoms with E-state index in [0.717, 1.165) is 11.1 Å². The molecule has 1 amide bonds. The minimum atomic E-state index is -1.23. The van der Waals surface area contributed by atoms with Crippen LogP contribution in [0, 0.1) is 11.3 Å². The van der Waals surface area contributed by atoms with Crippen LogP contribution in [0.3, 0.4) is 0 Å². The van der Waals surface area contributed by atoms with E-state index in [1.54, 1.807) is 23.2 Å². The highest BCUT2D eigenvalue weighted by atomic mass is 16.6. The van der Waals surface area contributed by atoms with E-state index in [4.69, 9.17) is 19.8 Å². The van der Waals surface area contributed by atoms with Crippen LogP contribution in [0.4, 0.5) is 5.95 Å². The lowest BCUT2D eigenvalue weighted by atomic mass is 10.1. The first-order valence-corrected chi connectivity index (χ1v) is 13.7. The van der Waals surface area contributed by atoms with Crippen molar-refractivity contribution in [1.29, 1.82) is 5.26 Å². The molecule has 1 aliphatic rings. The molecular weight excluding hydrogens is 536 g/mol. The molecule has 3 N–H and O–H groups in total. The molecule has 13 nitrogen and oxygen atoms in total. The zero-order chi connectivity index (χ0) is 29.2. The average Bonchev–Trinajstić information content (AvgIpc) is 3.64. The number of rotatable bonds is 8. The van der Waals surface area contributed by atoms with Crippen LogP contribution >= 0.6 is 0 Å². The third kappa shape index (κ3) is 5.38. The van der Waals surface area contributed by atoms with E-state index in [1.165, 1.54) is 4.52 Å². The van der Waals surface area contributed by atoms with Crippen molar-refractivity contribution in [2.45, 2.75) is 39.0 Å². The van der Waals surface area contributed by atoms with Crippen LogP contribution in [-0.2, 0) is 16.1 Å². The first-order chi connectivity index (χ1) is 20.4. The minimum absolute atomic E-state index is 0.131. The number of hydrogen-bond acceptors (Lipinski definition) is 10. The van der Waals surface area contributed by atoms with Crippen molar-refractivity contribution < 1.29 is 14.6 Å². The maximum Gasteiger partial charge on any atom is 0.243 e. The number of fused-ring (bicyclic) bond motifs is 3. The van der Waals surface area contributed by atoms with Crippen LogP contribution in [0.1, 0.15) is 31.0 Å². The summed E-state index contributed by atoms with van der Waals surface area (Å²) in [4.78, 5) is 24.3. The van der Waals surface area contributed by atoms with Crippen LogP contribution in [0.15, 0.2) is 60.9 Å². The molecule has 1 unspecified atom stereocenters. The van der Waals surface area contributed by atoms with Crippen molar-refractivity contribution in [3.05, 3.63) is 72.1 Å². The molecule has 42 heavy (non-hydrogen) atoms. The fraction of sp³-hybridized carbons (Fsp3) is 0.310. The number of aliphatic hydroxyl groups is 1. The zero-order valence-corrected chi connectivity index (χ0v) is 23.2. The monoisotopic (exact) mass is 566 g/mol. The fourth-order valence-electron chi connectivity index (χ4n) is 4.85. The number of carbonyl (C=O) groups excluding carboxylic acids is 1. The molecular formula is C29H30N10O3. The van der Waals surface area contributed by atoms with Crippen molar-refractivity contribution in [3.63, 3.8) is 0 Å². The van der Waals surface area contributed by atoms with E-state index in [9.17, 15) is 15.2 Å². The van der Waals surface area contributed by atoms with Gasteiger partial charge in [-0.25, -0.2) is 9.97 Å². The van der Waals surface area contributed by atoms with Gasteiger partial charge in [0.25, 0.3) is 0 Å². The quantitative estimate of drug-likeness (QED) is 0.238. The predicted octanol–water partition coefficient (Wildman–Crippen LogP) is 2.30. The summed E-state index contributed by atoms with van der Waals surface area (Å²) in [6.07, 6.45) is 2.34. The van der Waals surface area contributed by atoms with Crippen molar-refractivity contribution >= 4 is 28.4 Å². The second kappa shape index (κ2) is 11.5. The largest absolute Gasteiger partial charge is 0.356 e. The van der Waals surface area contributed by atoms with Crippen molar-refractivity contribution in [2.24, 2.45) is 0 Å². The van der Waals surface area contributed by atoms with E-state index < -0.39 is 12.5 Å². The number of nitrogens with zero attached hydrogens (tertiary/aromatic N) is 8. The lowest BCUT2D eigenvalue weighted by Gasteiger charge is -2.28. The van der Waals surface area contributed by atoms with E-state index >= 15 is 0 Å². The van der Waals surface area contributed by atoms with E-state index in [-0.39, 0.29) is 31.0 Å². The van der Waals surface area contributed by atoms with Gasteiger partial charge in [0.1, 0.15) is 12.1 Å². The van der Waals surface area contributed by atoms with Crippen LogP contribution in [-0.4, -0.2) is 77.4 Å². The molecule has 6 rings (SSSR count). The van der Waals surface area contributed by atoms with Crippen LogP contribution in [0.2, 0.25) is 0 Å². The molecule has 1 aliphatic heterocycles. The summed E-state index contributed by atoms with van der Waals surface area (Å²) < 4.78 is 9.07. The smallest absolute Gasteiger partial charge is 0.243 e. The van der Waals surface area contributed by atoms with Crippen molar-refractivity contribution in [2.75, 3.05) is 25.0 Å². The number of aliphatic hydroxyl groups excluding tert-OH is 1.